The van der Waals surface area contributed by atoms with Gasteiger partial charge in [0.1, 0.15) is 6.04 Å². The van der Waals surface area contributed by atoms with Crippen LogP contribution in [0.5, 0.6) is 0 Å². The monoisotopic (exact) mass is 415 g/mol. The third-order valence-corrected chi connectivity index (χ3v) is 5.11. The molecule has 1 aliphatic heterocycles. The van der Waals surface area contributed by atoms with Crippen molar-refractivity contribution >= 4 is 34.8 Å². The van der Waals surface area contributed by atoms with Crippen molar-refractivity contribution in [3.8, 4) is 0 Å². The molecule has 0 saturated carbocycles. The highest BCUT2D eigenvalue weighted by atomic mass is 35.5. The number of nitrogens with zero attached hydrogens (tertiary/aromatic N) is 1. The Hall–Kier alpha value is -2.57. The van der Waals surface area contributed by atoms with E-state index in [0.29, 0.717) is 16.3 Å². The highest BCUT2D eigenvalue weighted by Crippen LogP contribution is 2.19. The Morgan fingerprint density at radius 3 is 2.21 bits per heavy atom. The predicted octanol–water partition coefficient (Wildman–Crippen LogP) is 3.57. The van der Waals surface area contributed by atoms with Crippen LogP contribution in [0.2, 0.25) is 5.02 Å². The number of hydrogen-bond donors (Lipinski definition) is 2. The molecule has 1 saturated heterocycles. The molecule has 1 heterocycles. The largest absolute Gasteiger partial charge is 0.378 e. The van der Waals surface area contributed by atoms with Crippen molar-refractivity contribution in [2.45, 2.75) is 19.9 Å². The fraction of sp³-hybridized carbons (Fsp3) is 0.364. The van der Waals surface area contributed by atoms with E-state index in [1.54, 1.807) is 24.3 Å². The number of rotatable bonds is 6. The fourth-order valence-corrected chi connectivity index (χ4v) is 3.28. The summed E-state index contributed by atoms with van der Waals surface area (Å²) in [4.78, 5) is 27.5. The van der Waals surface area contributed by atoms with Gasteiger partial charge in [-0.2, -0.15) is 0 Å². The van der Waals surface area contributed by atoms with Crippen LogP contribution in [0.25, 0.3) is 0 Å². The van der Waals surface area contributed by atoms with Crippen LogP contribution in [-0.4, -0.2) is 44.2 Å². The molecule has 3 rings (SSSR count). The van der Waals surface area contributed by atoms with Crippen LogP contribution >= 0.6 is 11.6 Å². The maximum atomic E-state index is 12.8. The van der Waals surface area contributed by atoms with Gasteiger partial charge in [0, 0.05) is 35.1 Å². The Bertz CT molecular complexity index is 831. The number of carbonyl (C=O) groups excluding carboxylic acids is 2. The number of halogens is 1. The number of carbonyl (C=O) groups is 2. The molecule has 2 aromatic carbocycles. The number of hydrogen-bond acceptors (Lipinski definition) is 4. The molecular formula is C22H26ClN3O3. The van der Waals surface area contributed by atoms with Gasteiger partial charge < -0.3 is 20.3 Å². The lowest BCUT2D eigenvalue weighted by Gasteiger charge is -2.29. The normalized spacial score (nSPS) is 15.1. The molecule has 1 aliphatic rings. The second-order valence-corrected chi connectivity index (χ2v) is 7.77. The Morgan fingerprint density at radius 2 is 1.62 bits per heavy atom. The van der Waals surface area contributed by atoms with Gasteiger partial charge in [0.05, 0.1) is 13.2 Å². The molecule has 0 aromatic heterocycles. The Morgan fingerprint density at radius 1 is 1.00 bits per heavy atom. The van der Waals surface area contributed by atoms with E-state index < -0.39 is 6.04 Å². The summed E-state index contributed by atoms with van der Waals surface area (Å²) in [6, 6.07) is 13.6. The summed E-state index contributed by atoms with van der Waals surface area (Å²) in [5, 5.41) is 6.28. The van der Waals surface area contributed by atoms with Crippen molar-refractivity contribution in [3.05, 3.63) is 59.1 Å². The molecule has 1 unspecified atom stereocenters. The standard InChI is InChI=1S/C22H26ClN3O3/c1-15(2)20(25-21(27)16-3-5-17(23)6-4-16)22(28)24-18-7-9-19(10-8-18)26-11-13-29-14-12-26/h3-10,15,20H,11-14H2,1-2H3,(H,24,28)(H,25,27). The molecule has 2 aromatic rings. The molecule has 0 bridgehead atoms. The molecule has 0 spiro atoms. The number of morpholine rings is 1. The van der Waals surface area contributed by atoms with Crippen molar-refractivity contribution in [2.24, 2.45) is 5.92 Å². The first-order chi connectivity index (χ1) is 13.9. The lowest BCUT2D eigenvalue weighted by atomic mass is 10.0. The van der Waals surface area contributed by atoms with Crippen LogP contribution in [0.15, 0.2) is 48.5 Å². The summed E-state index contributed by atoms with van der Waals surface area (Å²) in [7, 11) is 0. The topological polar surface area (TPSA) is 70.7 Å². The molecule has 1 atom stereocenters. The first-order valence-electron chi connectivity index (χ1n) is 9.74. The van der Waals surface area contributed by atoms with E-state index in [-0.39, 0.29) is 17.7 Å². The molecule has 0 radical (unpaired) electrons. The van der Waals surface area contributed by atoms with Gasteiger partial charge in [0.2, 0.25) is 5.91 Å². The second-order valence-electron chi connectivity index (χ2n) is 7.34. The fourth-order valence-electron chi connectivity index (χ4n) is 3.16. The molecule has 29 heavy (non-hydrogen) atoms. The van der Waals surface area contributed by atoms with Crippen molar-refractivity contribution in [1.82, 2.24) is 5.32 Å². The minimum Gasteiger partial charge on any atom is -0.378 e. The van der Waals surface area contributed by atoms with Crippen molar-refractivity contribution < 1.29 is 14.3 Å². The zero-order chi connectivity index (χ0) is 20.8. The second kappa shape index (κ2) is 9.76. The van der Waals surface area contributed by atoms with Gasteiger partial charge in [-0.1, -0.05) is 25.4 Å². The number of anilines is 2. The number of benzene rings is 2. The Kier molecular flexibility index (Phi) is 7.12. The van der Waals surface area contributed by atoms with Gasteiger partial charge in [0.25, 0.3) is 5.91 Å². The summed E-state index contributed by atoms with van der Waals surface area (Å²) in [5.41, 5.74) is 2.25. The van der Waals surface area contributed by atoms with Crippen LogP contribution in [-0.2, 0) is 9.53 Å². The zero-order valence-electron chi connectivity index (χ0n) is 16.7. The SMILES string of the molecule is CC(C)C(NC(=O)c1ccc(Cl)cc1)C(=O)Nc1ccc(N2CCOCC2)cc1. The third-order valence-electron chi connectivity index (χ3n) is 4.85. The molecule has 2 amide bonds. The lowest BCUT2D eigenvalue weighted by Crippen LogP contribution is -2.47. The Balaban J connectivity index is 1.63. The van der Waals surface area contributed by atoms with Gasteiger partial charge >= 0.3 is 0 Å². The molecule has 6 nitrogen and oxygen atoms in total. The van der Waals surface area contributed by atoms with Crippen LogP contribution in [0.1, 0.15) is 24.2 Å². The smallest absolute Gasteiger partial charge is 0.251 e. The average Bonchev–Trinajstić information content (AvgIpc) is 2.73. The highest BCUT2D eigenvalue weighted by Gasteiger charge is 2.25. The Labute approximate surface area is 176 Å². The van der Waals surface area contributed by atoms with Gasteiger partial charge in [-0.3, -0.25) is 9.59 Å². The number of nitrogens with one attached hydrogen (secondary N) is 2. The summed E-state index contributed by atoms with van der Waals surface area (Å²) in [5.74, 6) is -0.626. The first kappa shape index (κ1) is 21.1. The summed E-state index contributed by atoms with van der Waals surface area (Å²) in [6.07, 6.45) is 0. The minimum atomic E-state index is -0.655. The summed E-state index contributed by atoms with van der Waals surface area (Å²) in [6.45, 7) is 6.96. The van der Waals surface area contributed by atoms with Crippen molar-refractivity contribution in [1.29, 1.82) is 0 Å². The quantitative estimate of drug-likeness (QED) is 0.756. The zero-order valence-corrected chi connectivity index (χ0v) is 17.4. The van der Waals surface area contributed by atoms with Gasteiger partial charge in [-0.15, -0.1) is 0 Å². The maximum absolute atomic E-state index is 12.8. The van der Waals surface area contributed by atoms with Crippen LogP contribution < -0.4 is 15.5 Å². The highest BCUT2D eigenvalue weighted by molar-refractivity contribution is 6.30. The summed E-state index contributed by atoms with van der Waals surface area (Å²) < 4.78 is 5.38. The minimum absolute atomic E-state index is 0.0705. The van der Waals surface area contributed by atoms with E-state index in [9.17, 15) is 9.59 Å². The van der Waals surface area contributed by atoms with E-state index in [1.165, 1.54) is 0 Å². The number of amides is 2. The van der Waals surface area contributed by atoms with Gasteiger partial charge in [0.15, 0.2) is 0 Å². The van der Waals surface area contributed by atoms with Crippen LogP contribution in [0, 0.1) is 5.92 Å². The van der Waals surface area contributed by atoms with Crippen LogP contribution in [0.3, 0.4) is 0 Å². The van der Waals surface area contributed by atoms with E-state index in [0.717, 1.165) is 32.0 Å². The average molecular weight is 416 g/mol. The third kappa shape index (κ3) is 5.71. The molecule has 2 N–H and O–H groups in total. The van der Waals surface area contributed by atoms with E-state index >= 15 is 0 Å². The molecule has 0 aliphatic carbocycles. The van der Waals surface area contributed by atoms with Gasteiger partial charge in [-0.25, -0.2) is 0 Å². The van der Waals surface area contributed by atoms with Crippen molar-refractivity contribution in [2.75, 3.05) is 36.5 Å². The van der Waals surface area contributed by atoms with E-state index in [1.807, 2.05) is 38.1 Å². The molecule has 154 valence electrons. The lowest BCUT2D eigenvalue weighted by molar-refractivity contribution is -0.118. The van der Waals surface area contributed by atoms with Gasteiger partial charge in [-0.05, 0) is 54.4 Å². The number of ether oxygens (including phenoxy) is 1. The maximum Gasteiger partial charge on any atom is 0.251 e. The van der Waals surface area contributed by atoms with Crippen LogP contribution in [0.4, 0.5) is 11.4 Å². The predicted molar refractivity (Wildman–Crippen MR) is 116 cm³/mol. The van der Waals surface area contributed by atoms with Crippen molar-refractivity contribution in [3.63, 3.8) is 0 Å². The van der Waals surface area contributed by atoms with E-state index in [2.05, 4.69) is 15.5 Å². The first-order valence-corrected chi connectivity index (χ1v) is 10.1. The van der Waals surface area contributed by atoms with E-state index in [4.69, 9.17) is 16.3 Å². The molecule has 1 fully saturated rings. The molecule has 7 heteroatoms. The summed E-state index contributed by atoms with van der Waals surface area (Å²) >= 11 is 5.87. The molecular weight excluding hydrogens is 390 g/mol.